The van der Waals surface area contributed by atoms with E-state index in [1.54, 1.807) is 6.20 Å². The minimum absolute atomic E-state index is 0.523. The molecule has 0 spiro atoms. The second kappa shape index (κ2) is 5.01. The molecule has 0 bridgehead atoms. The third-order valence-electron chi connectivity index (χ3n) is 3.06. The molecule has 3 aromatic rings. The van der Waals surface area contributed by atoms with Crippen LogP contribution < -0.4 is 0 Å². The van der Waals surface area contributed by atoms with Gasteiger partial charge >= 0.3 is 5.97 Å². The second-order valence-corrected chi connectivity index (χ2v) is 4.38. The smallest absolute Gasteiger partial charge is 0.328 e. The lowest BCUT2D eigenvalue weighted by Gasteiger charge is -2.03. The zero-order valence-corrected chi connectivity index (χ0v) is 10.6. The summed E-state index contributed by atoms with van der Waals surface area (Å²) in [5.74, 6) is -0.469. The molecular weight excluding hydrogens is 252 g/mol. The molecule has 0 unspecified atom stereocenters. The molecule has 0 amide bonds. The SMILES string of the molecule is O=C(O)/C=C/c1ncc(-c2cccc3ccccc23)[nH]1. The molecule has 0 aliphatic carbocycles. The zero-order valence-electron chi connectivity index (χ0n) is 10.6. The van der Waals surface area contributed by atoms with Gasteiger partial charge in [-0.05, 0) is 16.8 Å². The van der Waals surface area contributed by atoms with E-state index in [1.165, 1.54) is 6.08 Å². The fraction of sp³-hybridized carbons (Fsp3) is 0. The predicted octanol–water partition coefficient (Wildman–Crippen LogP) is 3.33. The van der Waals surface area contributed by atoms with Crippen LogP contribution in [0.25, 0.3) is 28.1 Å². The number of aliphatic carboxylic acids is 1. The summed E-state index contributed by atoms with van der Waals surface area (Å²) < 4.78 is 0. The van der Waals surface area contributed by atoms with Gasteiger partial charge in [0, 0.05) is 11.6 Å². The van der Waals surface area contributed by atoms with Crippen molar-refractivity contribution in [2.75, 3.05) is 0 Å². The third-order valence-corrected chi connectivity index (χ3v) is 3.06. The lowest BCUT2D eigenvalue weighted by Crippen LogP contribution is -1.86. The number of benzene rings is 2. The number of hydrogen-bond acceptors (Lipinski definition) is 2. The van der Waals surface area contributed by atoms with Crippen molar-refractivity contribution < 1.29 is 9.90 Å². The van der Waals surface area contributed by atoms with Gasteiger partial charge < -0.3 is 10.1 Å². The number of carboxylic acids is 1. The van der Waals surface area contributed by atoms with E-state index in [-0.39, 0.29) is 0 Å². The molecular formula is C16H12N2O2. The van der Waals surface area contributed by atoms with Gasteiger partial charge in [-0.1, -0.05) is 42.5 Å². The number of carbonyl (C=O) groups is 1. The van der Waals surface area contributed by atoms with Crippen molar-refractivity contribution in [2.24, 2.45) is 0 Å². The molecule has 2 N–H and O–H groups in total. The van der Waals surface area contributed by atoms with Crippen LogP contribution >= 0.6 is 0 Å². The van der Waals surface area contributed by atoms with Crippen LogP contribution in [0.3, 0.4) is 0 Å². The number of nitrogens with zero attached hydrogens (tertiary/aromatic N) is 1. The number of H-pyrrole nitrogens is 1. The summed E-state index contributed by atoms with van der Waals surface area (Å²) in [6.07, 6.45) is 4.21. The van der Waals surface area contributed by atoms with Gasteiger partial charge in [-0.15, -0.1) is 0 Å². The minimum Gasteiger partial charge on any atom is -0.478 e. The number of fused-ring (bicyclic) bond motifs is 1. The number of nitrogens with one attached hydrogen (secondary N) is 1. The summed E-state index contributed by atoms with van der Waals surface area (Å²) in [4.78, 5) is 17.8. The van der Waals surface area contributed by atoms with E-state index < -0.39 is 5.97 Å². The molecule has 0 saturated carbocycles. The number of aromatic amines is 1. The first-order chi connectivity index (χ1) is 9.74. The Morgan fingerprint density at radius 3 is 2.80 bits per heavy atom. The summed E-state index contributed by atoms with van der Waals surface area (Å²) in [6, 6.07) is 14.2. The maximum Gasteiger partial charge on any atom is 0.328 e. The number of hydrogen-bond donors (Lipinski definition) is 2. The van der Waals surface area contributed by atoms with Gasteiger partial charge in [0.2, 0.25) is 0 Å². The van der Waals surface area contributed by atoms with Crippen LogP contribution in [0.2, 0.25) is 0 Å². The highest BCUT2D eigenvalue weighted by Gasteiger charge is 2.05. The molecule has 0 radical (unpaired) electrons. The van der Waals surface area contributed by atoms with Crippen molar-refractivity contribution in [3.63, 3.8) is 0 Å². The summed E-state index contributed by atoms with van der Waals surface area (Å²) in [5, 5.41) is 10.9. The summed E-state index contributed by atoms with van der Waals surface area (Å²) in [5.41, 5.74) is 1.91. The van der Waals surface area contributed by atoms with Crippen molar-refractivity contribution >= 4 is 22.8 Å². The lowest BCUT2D eigenvalue weighted by atomic mass is 10.0. The van der Waals surface area contributed by atoms with E-state index in [1.807, 2.05) is 24.3 Å². The normalized spacial score (nSPS) is 11.2. The largest absolute Gasteiger partial charge is 0.478 e. The van der Waals surface area contributed by atoms with Crippen LogP contribution in [0.4, 0.5) is 0 Å². The number of rotatable bonds is 3. The van der Waals surface area contributed by atoms with Crippen molar-refractivity contribution in [2.45, 2.75) is 0 Å². The Hall–Kier alpha value is -2.88. The number of carboxylic acid groups (broad SMARTS) is 1. The molecule has 0 fully saturated rings. The van der Waals surface area contributed by atoms with E-state index in [4.69, 9.17) is 5.11 Å². The van der Waals surface area contributed by atoms with Gasteiger partial charge in [0.1, 0.15) is 5.82 Å². The first kappa shape index (κ1) is 12.2. The Morgan fingerprint density at radius 2 is 1.95 bits per heavy atom. The van der Waals surface area contributed by atoms with Crippen LogP contribution in [0.1, 0.15) is 5.82 Å². The quantitative estimate of drug-likeness (QED) is 0.713. The van der Waals surface area contributed by atoms with Crippen molar-refractivity contribution in [3.8, 4) is 11.3 Å². The van der Waals surface area contributed by atoms with Gasteiger partial charge in [0.15, 0.2) is 0 Å². The molecule has 3 rings (SSSR count). The molecule has 0 saturated heterocycles. The van der Waals surface area contributed by atoms with Gasteiger partial charge in [0.25, 0.3) is 0 Å². The summed E-state index contributed by atoms with van der Waals surface area (Å²) in [6.45, 7) is 0. The van der Waals surface area contributed by atoms with E-state index in [0.717, 1.165) is 28.1 Å². The highest BCUT2D eigenvalue weighted by molar-refractivity contribution is 5.95. The van der Waals surface area contributed by atoms with Gasteiger partial charge in [-0.2, -0.15) is 0 Å². The first-order valence-corrected chi connectivity index (χ1v) is 6.18. The van der Waals surface area contributed by atoms with Crippen LogP contribution in [-0.4, -0.2) is 21.0 Å². The fourth-order valence-corrected chi connectivity index (χ4v) is 2.17. The highest BCUT2D eigenvalue weighted by atomic mass is 16.4. The Morgan fingerprint density at radius 1 is 1.15 bits per heavy atom. The molecule has 20 heavy (non-hydrogen) atoms. The van der Waals surface area contributed by atoms with Gasteiger partial charge in [-0.25, -0.2) is 9.78 Å². The van der Waals surface area contributed by atoms with Crippen molar-refractivity contribution in [1.29, 1.82) is 0 Å². The molecule has 98 valence electrons. The molecule has 0 aliphatic heterocycles. The summed E-state index contributed by atoms with van der Waals surface area (Å²) in [7, 11) is 0. The van der Waals surface area contributed by atoms with Gasteiger partial charge in [0.05, 0.1) is 11.9 Å². The molecule has 0 aliphatic rings. The van der Waals surface area contributed by atoms with Crippen LogP contribution in [0, 0.1) is 0 Å². The van der Waals surface area contributed by atoms with E-state index >= 15 is 0 Å². The van der Waals surface area contributed by atoms with E-state index in [0.29, 0.717) is 5.82 Å². The Bertz CT molecular complexity index is 798. The maximum absolute atomic E-state index is 10.5. The Balaban J connectivity index is 2.06. The van der Waals surface area contributed by atoms with E-state index in [2.05, 4.69) is 28.2 Å². The van der Waals surface area contributed by atoms with E-state index in [9.17, 15) is 4.79 Å². The zero-order chi connectivity index (χ0) is 13.9. The third kappa shape index (κ3) is 2.31. The van der Waals surface area contributed by atoms with Crippen LogP contribution in [0.5, 0.6) is 0 Å². The molecule has 4 heteroatoms. The standard InChI is InChI=1S/C16H12N2O2/c19-16(20)9-8-15-17-10-14(18-15)13-7-3-5-11-4-1-2-6-12(11)13/h1-10H,(H,17,18)(H,19,20)/b9-8+. The molecule has 1 aromatic heterocycles. The topological polar surface area (TPSA) is 66.0 Å². The Kier molecular flexibility index (Phi) is 3.05. The van der Waals surface area contributed by atoms with Crippen molar-refractivity contribution in [3.05, 3.63) is 60.6 Å². The lowest BCUT2D eigenvalue weighted by molar-refractivity contribution is -0.131. The summed E-state index contributed by atoms with van der Waals surface area (Å²) >= 11 is 0. The molecule has 0 atom stereocenters. The fourth-order valence-electron chi connectivity index (χ4n) is 2.17. The average Bonchev–Trinajstić information content (AvgIpc) is 2.93. The minimum atomic E-state index is -0.992. The molecule has 1 heterocycles. The van der Waals surface area contributed by atoms with Crippen LogP contribution in [-0.2, 0) is 4.79 Å². The van der Waals surface area contributed by atoms with Crippen LogP contribution in [0.15, 0.2) is 54.7 Å². The molecule has 2 aromatic carbocycles. The monoisotopic (exact) mass is 264 g/mol. The molecule has 4 nitrogen and oxygen atoms in total. The highest BCUT2D eigenvalue weighted by Crippen LogP contribution is 2.27. The number of aromatic nitrogens is 2. The number of imidazole rings is 1. The first-order valence-electron chi connectivity index (χ1n) is 6.18. The second-order valence-electron chi connectivity index (χ2n) is 4.38. The maximum atomic E-state index is 10.5. The van der Waals surface area contributed by atoms with Crippen molar-refractivity contribution in [1.82, 2.24) is 9.97 Å². The average molecular weight is 264 g/mol. The Labute approximate surface area is 115 Å². The van der Waals surface area contributed by atoms with Gasteiger partial charge in [-0.3, -0.25) is 0 Å². The predicted molar refractivity (Wildman–Crippen MR) is 78.2 cm³/mol.